The van der Waals surface area contributed by atoms with Gasteiger partial charge < -0.3 is 14.6 Å². The second-order valence-corrected chi connectivity index (χ2v) is 8.80. The molecule has 2 aromatic heterocycles. The number of amides is 1. The van der Waals surface area contributed by atoms with Gasteiger partial charge in [-0.2, -0.15) is 0 Å². The Morgan fingerprint density at radius 3 is 2.59 bits per heavy atom. The molecule has 0 radical (unpaired) electrons. The van der Waals surface area contributed by atoms with E-state index in [1.54, 1.807) is 18.3 Å². The first-order valence-electron chi connectivity index (χ1n) is 11.1. The van der Waals surface area contributed by atoms with Crippen LogP contribution in [0.1, 0.15) is 23.6 Å². The van der Waals surface area contributed by atoms with Crippen LogP contribution in [0.5, 0.6) is 11.6 Å². The zero-order chi connectivity index (χ0) is 24.1. The molecule has 0 unspecified atom stereocenters. The van der Waals surface area contributed by atoms with Crippen LogP contribution in [0, 0.1) is 20.8 Å². The molecule has 4 rings (SSSR count). The molecular formula is C26H27N5O2S. The summed E-state index contributed by atoms with van der Waals surface area (Å²) < 4.78 is 8.05. The number of pyridine rings is 1. The Kier molecular flexibility index (Phi) is 7.27. The molecule has 7 nitrogen and oxygen atoms in total. The van der Waals surface area contributed by atoms with E-state index < -0.39 is 0 Å². The van der Waals surface area contributed by atoms with Crippen LogP contribution in [-0.2, 0) is 11.3 Å². The van der Waals surface area contributed by atoms with Gasteiger partial charge in [0.05, 0.1) is 5.75 Å². The number of nitrogens with one attached hydrogen (secondary N) is 1. The molecule has 1 N–H and O–H groups in total. The van der Waals surface area contributed by atoms with E-state index in [1.165, 1.54) is 11.8 Å². The minimum atomic E-state index is -0.174. The molecule has 0 bridgehead atoms. The number of ether oxygens (including phenoxy) is 1. The number of anilines is 1. The summed E-state index contributed by atoms with van der Waals surface area (Å²) in [6, 6.07) is 17.5. The van der Waals surface area contributed by atoms with Gasteiger partial charge in [-0.25, -0.2) is 4.98 Å². The predicted molar refractivity (Wildman–Crippen MR) is 135 cm³/mol. The molecule has 0 aliphatic carbocycles. The van der Waals surface area contributed by atoms with Gasteiger partial charge in [-0.1, -0.05) is 48.2 Å². The van der Waals surface area contributed by atoms with Crippen molar-refractivity contribution in [2.45, 2.75) is 39.4 Å². The molecule has 0 saturated carbocycles. The third-order valence-electron chi connectivity index (χ3n) is 5.56. The molecule has 0 fully saturated rings. The largest absolute Gasteiger partial charge is 0.437 e. The zero-order valence-corrected chi connectivity index (χ0v) is 20.5. The molecule has 0 spiro atoms. The van der Waals surface area contributed by atoms with Gasteiger partial charge in [-0.3, -0.25) is 4.79 Å². The lowest BCUT2D eigenvalue weighted by Gasteiger charge is -2.13. The number of nitrogens with zero attached hydrogens (tertiary/aromatic N) is 4. The fourth-order valence-corrected chi connectivity index (χ4v) is 4.33. The van der Waals surface area contributed by atoms with Crippen molar-refractivity contribution in [3.05, 3.63) is 77.5 Å². The van der Waals surface area contributed by atoms with E-state index in [-0.39, 0.29) is 11.7 Å². The highest BCUT2D eigenvalue weighted by Gasteiger charge is 2.17. The molecule has 8 heteroatoms. The maximum atomic E-state index is 12.8. The van der Waals surface area contributed by atoms with Crippen molar-refractivity contribution < 1.29 is 9.53 Å². The highest BCUT2D eigenvalue weighted by molar-refractivity contribution is 7.99. The molecule has 174 valence electrons. The molecule has 0 saturated heterocycles. The smallest absolute Gasteiger partial charge is 0.243 e. The minimum Gasteiger partial charge on any atom is -0.437 e. The molecular weight excluding hydrogens is 446 g/mol. The Labute approximate surface area is 203 Å². The van der Waals surface area contributed by atoms with E-state index in [0.29, 0.717) is 29.0 Å². The number of thioether (sulfide) groups is 1. The van der Waals surface area contributed by atoms with Crippen LogP contribution in [0.4, 0.5) is 5.69 Å². The average molecular weight is 474 g/mol. The van der Waals surface area contributed by atoms with Crippen LogP contribution in [0.2, 0.25) is 0 Å². The van der Waals surface area contributed by atoms with Gasteiger partial charge in [0.2, 0.25) is 11.8 Å². The highest BCUT2D eigenvalue weighted by atomic mass is 32.2. The van der Waals surface area contributed by atoms with Crippen molar-refractivity contribution in [2.75, 3.05) is 11.1 Å². The topological polar surface area (TPSA) is 81.9 Å². The van der Waals surface area contributed by atoms with Gasteiger partial charge in [0.1, 0.15) is 11.4 Å². The van der Waals surface area contributed by atoms with Crippen molar-refractivity contribution in [2.24, 2.45) is 0 Å². The van der Waals surface area contributed by atoms with Gasteiger partial charge >= 0.3 is 0 Å². The number of rotatable bonds is 8. The number of aryl methyl sites for hydroxylation is 2. The average Bonchev–Trinajstić information content (AvgIpc) is 3.25. The summed E-state index contributed by atoms with van der Waals surface area (Å²) in [5.74, 6) is 1.88. The Morgan fingerprint density at radius 1 is 1.00 bits per heavy atom. The monoisotopic (exact) mass is 473 g/mol. The van der Waals surface area contributed by atoms with Crippen LogP contribution >= 0.6 is 11.8 Å². The maximum absolute atomic E-state index is 12.8. The van der Waals surface area contributed by atoms with Crippen molar-refractivity contribution in [1.29, 1.82) is 0 Å². The van der Waals surface area contributed by atoms with Crippen LogP contribution in [0.3, 0.4) is 0 Å². The molecule has 0 atom stereocenters. The third-order valence-corrected chi connectivity index (χ3v) is 6.52. The van der Waals surface area contributed by atoms with Gasteiger partial charge in [-0.05, 0) is 62.6 Å². The van der Waals surface area contributed by atoms with E-state index in [1.807, 2.05) is 61.7 Å². The molecule has 34 heavy (non-hydrogen) atoms. The fraction of sp³-hybridized carbons (Fsp3) is 0.231. The molecule has 0 aliphatic heterocycles. The first kappa shape index (κ1) is 23.5. The minimum absolute atomic E-state index is 0.174. The van der Waals surface area contributed by atoms with Crippen molar-refractivity contribution in [3.8, 4) is 23.0 Å². The molecule has 2 aromatic carbocycles. The zero-order valence-electron chi connectivity index (χ0n) is 19.7. The number of carbonyl (C=O) groups excluding carboxylic acids is 1. The number of hydrogen-bond acceptors (Lipinski definition) is 6. The van der Waals surface area contributed by atoms with E-state index in [4.69, 9.17) is 4.74 Å². The van der Waals surface area contributed by atoms with E-state index in [2.05, 4.69) is 33.5 Å². The SMILES string of the molecule is CCn1c(SCC(=O)Nc2cccnc2Oc2cccc(C)c2C)nnc1-c1ccccc1C. The van der Waals surface area contributed by atoms with Crippen molar-refractivity contribution in [1.82, 2.24) is 19.7 Å². The molecule has 0 aliphatic rings. The van der Waals surface area contributed by atoms with E-state index in [9.17, 15) is 4.79 Å². The van der Waals surface area contributed by atoms with Gasteiger partial charge in [-0.15, -0.1) is 10.2 Å². The molecule has 4 aromatic rings. The van der Waals surface area contributed by atoms with Gasteiger partial charge in [0.15, 0.2) is 11.0 Å². The predicted octanol–water partition coefficient (Wildman–Crippen LogP) is 5.81. The number of carbonyl (C=O) groups is 1. The summed E-state index contributed by atoms with van der Waals surface area (Å²) in [6.45, 7) is 8.83. The first-order chi connectivity index (χ1) is 16.5. The summed E-state index contributed by atoms with van der Waals surface area (Å²) >= 11 is 1.35. The lowest BCUT2D eigenvalue weighted by molar-refractivity contribution is -0.113. The van der Waals surface area contributed by atoms with Crippen LogP contribution < -0.4 is 10.1 Å². The Bertz CT molecular complexity index is 1320. The van der Waals surface area contributed by atoms with Crippen LogP contribution in [0.15, 0.2) is 66.0 Å². The molecule has 2 heterocycles. The maximum Gasteiger partial charge on any atom is 0.243 e. The van der Waals surface area contributed by atoms with Crippen molar-refractivity contribution in [3.63, 3.8) is 0 Å². The highest BCUT2D eigenvalue weighted by Crippen LogP contribution is 2.31. The van der Waals surface area contributed by atoms with E-state index >= 15 is 0 Å². The van der Waals surface area contributed by atoms with Crippen molar-refractivity contribution >= 4 is 23.4 Å². The Balaban J connectivity index is 1.46. The normalized spacial score (nSPS) is 10.8. The number of hydrogen-bond donors (Lipinski definition) is 1. The Morgan fingerprint density at radius 2 is 1.79 bits per heavy atom. The standard InChI is InChI=1S/C26H27N5O2S/c1-5-31-24(20-12-7-6-10-18(20)3)29-30-26(31)34-16-23(32)28-21-13-9-15-27-25(21)33-22-14-8-11-17(2)19(22)4/h6-15H,5,16H2,1-4H3,(H,28,32). The van der Waals surface area contributed by atoms with Crippen LogP contribution in [-0.4, -0.2) is 31.4 Å². The summed E-state index contributed by atoms with van der Waals surface area (Å²) in [5.41, 5.74) is 4.85. The second-order valence-electron chi connectivity index (χ2n) is 7.86. The number of aromatic nitrogens is 4. The van der Waals surface area contributed by atoms with Gasteiger partial charge in [0, 0.05) is 18.3 Å². The fourth-order valence-electron chi connectivity index (χ4n) is 3.53. The second kappa shape index (κ2) is 10.5. The summed E-state index contributed by atoms with van der Waals surface area (Å²) in [4.78, 5) is 17.1. The van der Waals surface area contributed by atoms with E-state index in [0.717, 1.165) is 28.1 Å². The molecule has 1 amide bonds. The quantitative estimate of drug-likeness (QED) is 0.325. The Hall–Kier alpha value is -3.65. The lowest BCUT2D eigenvalue weighted by Crippen LogP contribution is -2.15. The number of benzene rings is 2. The van der Waals surface area contributed by atoms with Gasteiger partial charge in [0.25, 0.3) is 0 Å². The lowest BCUT2D eigenvalue weighted by atomic mass is 10.1. The third kappa shape index (κ3) is 5.12. The first-order valence-corrected chi connectivity index (χ1v) is 12.1. The van der Waals surface area contributed by atoms with Crippen LogP contribution in [0.25, 0.3) is 11.4 Å². The summed E-state index contributed by atoms with van der Waals surface area (Å²) in [5, 5.41) is 12.3. The summed E-state index contributed by atoms with van der Waals surface area (Å²) in [6.07, 6.45) is 1.64. The summed E-state index contributed by atoms with van der Waals surface area (Å²) in [7, 11) is 0.